The van der Waals surface area contributed by atoms with Gasteiger partial charge in [-0.2, -0.15) is 0 Å². The number of aromatic hydroxyl groups is 4. The summed E-state index contributed by atoms with van der Waals surface area (Å²) in [4.78, 5) is 15.0. The van der Waals surface area contributed by atoms with E-state index >= 15 is 0 Å². The molecule has 0 bridgehead atoms. The molecule has 2 aliphatic rings. The molecule has 0 saturated heterocycles. The lowest BCUT2D eigenvalue weighted by Gasteiger charge is -2.30. The summed E-state index contributed by atoms with van der Waals surface area (Å²) in [6.45, 7) is 0. The summed E-state index contributed by atoms with van der Waals surface area (Å²) < 4.78 is 0. The Balaban J connectivity index is 1.19. The third kappa shape index (κ3) is 4.42. The molecule has 1 heterocycles. The minimum Gasteiger partial charge on any atom is -0.506 e. The van der Waals surface area contributed by atoms with Crippen molar-refractivity contribution in [2.45, 2.75) is 5.41 Å². The van der Waals surface area contributed by atoms with Crippen LogP contribution in [0.5, 0.6) is 23.0 Å². The molecule has 0 fully saturated rings. The number of fused-ring (bicyclic) bond motifs is 10. The summed E-state index contributed by atoms with van der Waals surface area (Å²) in [7, 11) is 2.20. The Bertz CT molecular complexity index is 2760. The molecule has 8 heteroatoms. The highest BCUT2D eigenvalue weighted by Gasteiger charge is 2.51. The van der Waals surface area contributed by atoms with Crippen molar-refractivity contribution >= 4 is 14.5 Å². The van der Waals surface area contributed by atoms with Crippen molar-refractivity contribution in [3.05, 3.63) is 168 Å². The van der Waals surface area contributed by atoms with Gasteiger partial charge in [-0.25, -0.2) is 15.0 Å². The number of phenolic OH excluding ortho intramolecular Hbond substituents is 4. The Hall–Kier alpha value is -6.82. The normalized spacial score (nSPS) is 13.0. The van der Waals surface area contributed by atoms with Crippen LogP contribution in [-0.2, 0) is 5.41 Å². The number of phenols is 4. The van der Waals surface area contributed by atoms with E-state index < -0.39 is 22.7 Å². The molecule has 258 valence electrons. The summed E-state index contributed by atoms with van der Waals surface area (Å²) in [5.41, 5.74) is 11.8. The third-order valence-corrected chi connectivity index (χ3v) is 11.3. The van der Waals surface area contributed by atoms with Crippen LogP contribution in [0.2, 0.25) is 0 Å². The van der Waals surface area contributed by atoms with Crippen molar-refractivity contribution in [2.24, 2.45) is 0 Å². The van der Waals surface area contributed by atoms with E-state index in [9.17, 15) is 20.4 Å². The second kappa shape index (κ2) is 11.9. The zero-order chi connectivity index (χ0) is 36.7. The maximum atomic E-state index is 10.9. The van der Waals surface area contributed by atoms with Crippen LogP contribution in [0.15, 0.2) is 146 Å². The Labute approximate surface area is 312 Å². The summed E-state index contributed by atoms with van der Waals surface area (Å²) in [6.07, 6.45) is 0. The molecule has 0 amide bonds. The number of aromatic nitrogens is 3. The van der Waals surface area contributed by atoms with Gasteiger partial charge >= 0.3 is 0 Å². The Morgan fingerprint density at radius 1 is 0.370 bits per heavy atom. The zero-order valence-corrected chi connectivity index (χ0v) is 29.7. The Morgan fingerprint density at radius 3 is 1.43 bits per heavy atom. The Kier molecular flexibility index (Phi) is 7.00. The van der Waals surface area contributed by atoms with Crippen molar-refractivity contribution in [1.29, 1.82) is 0 Å². The Morgan fingerprint density at radius 2 is 0.833 bits per heavy atom. The molecule has 4 N–H and O–H groups in total. The molecule has 1 unspecified atom stereocenters. The molecule has 54 heavy (non-hydrogen) atoms. The fourth-order valence-electron chi connectivity index (χ4n) is 8.39. The van der Waals surface area contributed by atoms with Gasteiger partial charge in [0.25, 0.3) is 0 Å². The molecular formula is C46H30N3O4P. The molecule has 0 aliphatic heterocycles. The standard InChI is InChI=1S/C46H30N3O4P/c50-38-37(39(51)42(54)41(53)40(38)52)26-13-10-14-27(23-26)44-47-43(25-11-2-1-3-12-25)48-45(49-44)28-21-22-32-31-17-6-9-20-35(31)46(36(32)24-28)33-18-7-4-15-29(33)30-16-5-8-19-34(30)46/h1-24,50-53H,54H2. The lowest BCUT2D eigenvalue weighted by Crippen LogP contribution is -2.25. The summed E-state index contributed by atoms with van der Waals surface area (Å²) in [5.74, 6) is -1.02. The van der Waals surface area contributed by atoms with E-state index in [1.807, 2.05) is 36.4 Å². The van der Waals surface area contributed by atoms with Crippen LogP contribution >= 0.6 is 9.24 Å². The largest absolute Gasteiger partial charge is 0.506 e. The van der Waals surface area contributed by atoms with Crippen LogP contribution in [0.4, 0.5) is 0 Å². The maximum Gasteiger partial charge on any atom is 0.201 e. The summed E-state index contributed by atoms with van der Waals surface area (Å²) in [6, 6.07) is 49.3. The average molecular weight is 720 g/mol. The van der Waals surface area contributed by atoms with Crippen molar-refractivity contribution < 1.29 is 20.4 Å². The van der Waals surface area contributed by atoms with Crippen LogP contribution in [-0.4, -0.2) is 35.4 Å². The monoisotopic (exact) mass is 719 g/mol. The first kappa shape index (κ1) is 31.9. The number of benzene rings is 7. The lowest BCUT2D eigenvalue weighted by molar-refractivity contribution is 0.366. The van der Waals surface area contributed by atoms with Gasteiger partial charge in [0.15, 0.2) is 29.0 Å². The molecular weight excluding hydrogens is 689 g/mol. The van der Waals surface area contributed by atoms with E-state index in [0.717, 1.165) is 22.3 Å². The highest BCUT2D eigenvalue weighted by atomic mass is 31.0. The van der Waals surface area contributed by atoms with Gasteiger partial charge in [-0.15, -0.1) is 0 Å². The lowest BCUT2D eigenvalue weighted by atomic mass is 9.70. The molecule has 1 spiro atoms. The fourth-order valence-corrected chi connectivity index (χ4v) is 8.67. The second-order valence-electron chi connectivity index (χ2n) is 13.6. The van der Waals surface area contributed by atoms with Gasteiger partial charge in [0.05, 0.1) is 16.3 Å². The van der Waals surface area contributed by atoms with Gasteiger partial charge in [-0.1, -0.05) is 143 Å². The van der Waals surface area contributed by atoms with Gasteiger partial charge < -0.3 is 20.4 Å². The minimum atomic E-state index is -0.726. The molecule has 2 aliphatic carbocycles. The minimum absolute atomic E-state index is 0.0321. The van der Waals surface area contributed by atoms with Gasteiger partial charge in [-0.3, -0.25) is 0 Å². The van der Waals surface area contributed by atoms with Crippen molar-refractivity contribution in [3.8, 4) is 90.5 Å². The molecule has 0 radical (unpaired) electrons. The first-order chi connectivity index (χ1) is 26.4. The quantitative estimate of drug-likeness (QED) is 0.0814. The summed E-state index contributed by atoms with van der Waals surface area (Å²) >= 11 is 0. The van der Waals surface area contributed by atoms with E-state index in [1.54, 1.807) is 18.2 Å². The third-order valence-electron chi connectivity index (χ3n) is 10.8. The number of hydrogen-bond donors (Lipinski definition) is 4. The first-order valence-electron chi connectivity index (χ1n) is 17.5. The van der Waals surface area contributed by atoms with E-state index in [-0.39, 0.29) is 16.6 Å². The predicted molar refractivity (Wildman–Crippen MR) is 214 cm³/mol. The van der Waals surface area contributed by atoms with Crippen LogP contribution in [0.3, 0.4) is 0 Å². The fraction of sp³-hybridized carbons (Fsp3) is 0.0217. The molecule has 7 aromatic carbocycles. The highest BCUT2D eigenvalue weighted by molar-refractivity contribution is 7.28. The van der Waals surface area contributed by atoms with E-state index in [0.29, 0.717) is 28.6 Å². The van der Waals surface area contributed by atoms with E-state index in [4.69, 9.17) is 15.0 Å². The average Bonchev–Trinajstić information content (AvgIpc) is 3.70. The second-order valence-corrected chi connectivity index (χ2v) is 14.2. The van der Waals surface area contributed by atoms with Crippen LogP contribution in [0.1, 0.15) is 22.3 Å². The number of rotatable bonds is 4. The summed E-state index contributed by atoms with van der Waals surface area (Å²) in [5, 5.41) is 42.3. The molecule has 1 atom stereocenters. The smallest absolute Gasteiger partial charge is 0.201 e. The molecule has 0 saturated carbocycles. The van der Waals surface area contributed by atoms with Crippen LogP contribution in [0.25, 0.3) is 67.5 Å². The number of hydrogen-bond acceptors (Lipinski definition) is 7. The van der Waals surface area contributed by atoms with E-state index in [1.165, 1.54) is 33.4 Å². The van der Waals surface area contributed by atoms with Gasteiger partial charge in [0.2, 0.25) is 5.75 Å². The highest BCUT2D eigenvalue weighted by Crippen LogP contribution is 2.63. The van der Waals surface area contributed by atoms with E-state index in [2.05, 4.69) is 100 Å². The molecule has 10 rings (SSSR count). The van der Waals surface area contributed by atoms with Crippen LogP contribution in [0, 0.1) is 0 Å². The topological polar surface area (TPSA) is 120 Å². The van der Waals surface area contributed by atoms with Crippen molar-refractivity contribution in [1.82, 2.24) is 15.0 Å². The van der Waals surface area contributed by atoms with Gasteiger partial charge in [-0.05, 0) is 62.2 Å². The van der Waals surface area contributed by atoms with Crippen molar-refractivity contribution in [3.63, 3.8) is 0 Å². The SMILES string of the molecule is Oc1c(O)c(P)c(O)c(-c2cccc(-c3nc(-c4ccccc4)nc(-c4ccc5c(c4)C4(c6ccccc6-c6ccccc64)c4ccccc4-5)n3)c2)c1O. The van der Waals surface area contributed by atoms with Gasteiger partial charge in [0.1, 0.15) is 5.75 Å². The van der Waals surface area contributed by atoms with Gasteiger partial charge in [0, 0.05) is 16.7 Å². The maximum absolute atomic E-state index is 10.9. The first-order valence-corrected chi connectivity index (χ1v) is 18.1. The molecule has 8 aromatic rings. The predicted octanol–water partition coefficient (Wildman–Crippen LogP) is 9.21. The molecule has 1 aromatic heterocycles. The molecule has 7 nitrogen and oxygen atoms in total. The van der Waals surface area contributed by atoms with Crippen LogP contribution < -0.4 is 5.30 Å². The number of nitrogens with zero attached hydrogens (tertiary/aromatic N) is 3. The zero-order valence-electron chi connectivity index (χ0n) is 28.6. The van der Waals surface area contributed by atoms with Crippen molar-refractivity contribution in [2.75, 3.05) is 0 Å².